The van der Waals surface area contributed by atoms with E-state index in [-0.39, 0.29) is 5.54 Å². The van der Waals surface area contributed by atoms with Crippen molar-refractivity contribution in [2.24, 2.45) is 11.7 Å². The SMILES string of the molecule is CC1CCCC(CN)(Nc2ncccn2)C1. The van der Waals surface area contributed by atoms with Crippen LogP contribution in [0, 0.1) is 5.92 Å². The average molecular weight is 220 g/mol. The van der Waals surface area contributed by atoms with Crippen LogP contribution < -0.4 is 11.1 Å². The van der Waals surface area contributed by atoms with E-state index in [1.807, 2.05) is 6.07 Å². The molecule has 1 saturated carbocycles. The maximum Gasteiger partial charge on any atom is 0.223 e. The largest absolute Gasteiger partial charge is 0.348 e. The van der Waals surface area contributed by atoms with E-state index in [1.165, 1.54) is 12.8 Å². The van der Waals surface area contributed by atoms with Crippen LogP contribution >= 0.6 is 0 Å². The van der Waals surface area contributed by atoms with Crippen LogP contribution in [0.4, 0.5) is 5.95 Å². The number of aromatic nitrogens is 2. The Morgan fingerprint density at radius 1 is 1.50 bits per heavy atom. The molecule has 1 aromatic rings. The summed E-state index contributed by atoms with van der Waals surface area (Å²) in [5, 5.41) is 3.43. The molecule has 88 valence electrons. The number of nitrogens with zero attached hydrogens (tertiary/aromatic N) is 2. The molecule has 0 aliphatic heterocycles. The lowest BCUT2D eigenvalue weighted by Crippen LogP contribution is -2.49. The molecule has 0 aromatic carbocycles. The van der Waals surface area contributed by atoms with Gasteiger partial charge < -0.3 is 11.1 Å². The lowest BCUT2D eigenvalue weighted by molar-refractivity contribution is 0.263. The number of nitrogens with one attached hydrogen (secondary N) is 1. The van der Waals surface area contributed by atoms with Crippen molar-refractivity contribution in [2.45, 2.75) is 38.1 Å². The van der Waals surface area contributed by atoms with E-state index >= 15 is 0 Å². The first-order valence-electron chi connectivity index (χ1n) is 5.99. The average Bonchev–Trinajstić information content (AvgIpc) is 2.30. The Hall–Kier alpha value is -1.16. The zero-order valence-corrected chi connectivity index (χ0v) is 9.82. The standard InChI is InChI=1S/C12H20N4/c1-10-4-2-5-12(8-10,9-13)16-11-14-6-3-7-15-11/h3,6-7,10H,2,4-5,8-9,13H2,1H3,(H,14,15,16). The molecule has 1 fully saturated rings. The summed E-state index contributed by atoms with van der Waals surface area (Å²) in [7, 11) is 0. The molecule has 2 unspecified atom stereocenters. The highest BCUT2D eigenvalue weighted by Gasteiger charge is 2.34. The lowest BCUT2D eigenvalue weighted by atomic mass is 9.76. The Morgan fingerprint density at radius 2 is 2.25 bits per heavy atom. The van der Waals surface area contributed by atoms with E-state index in [9.17, 15) is 0 Å². The van der Waals surface area contributed by atoms with E-state index in [4.69, 9.17) is 5.73 Å². The summed E-state index contributed by atoms with van der Waals surface area (Å²) in [4.78, 5) is 8.43. The molecule has 2 atom stereocenters. The van der Waals surface area contributed by atoms with Crippen molar-refractivity contribution in [3.8, 4) is 0 Å². The van der Waals surface area contributed by atoms with Crippen molar-refractivity contribution in [3.63, 3.8) is 0 Å². The molecule has 0 radical (unpaired) electrons. The van der Waals surface area contributed by atoms with E-state index < -0.39 is 0 Å². The summed E-state index contributed by atoms with van der Waals surface area (Å²) in [6.07, 6.45) is 8.28. The molecule has 1 aliphatic carbocycles. The van der Waals surface area contributed by atoms with Gasteiger partial charge in [0.05, 0.1) is 5.54 Å². The Morgan fingerprint density at radius 3 is 2.88 bits per heavy atom. The Labute approximate surface area is 96.7 Å². The van der Waals surface area contributed by atoms with Crippen LogP contribution in [0.25, 0.3) is 0 Å². The molecule has 0 amide bonds. The van der Waals surface area contributed by atoms with Crippen molar-refractivity contribution < 1.29 is 0 Å². The van der Waals surface area contributed by atoms with Crippen molar-refractivity contribution in [1.29, 1.82) is 0 Å². The van der Waals surface area contributed by atoms with Gasteiger partial charge in [-0.25, -0.2) is 9.97 Å². The van der Waals surface area contributed by atoms with Gasteiger partial charge in [-0.2, -0.15) is 0 Å². The molecule has 4 heteroatoms. The Balaban J connectivity index is 2.10. The third-order valence-electron chi connectivity index (χ3n) is 3.42. The predicted molar refractivity (Wildman–Crippen MR) is 65.1 cm³/mol. The van der Waals surface area contributed by atoms with Gasteiger partial charge in [0.2, 0.25) is 5.95 Å². The molecule has 1 aromatic heterocycles. The molecule has 1 heterocycles. The number of hydrogen-bond acceptors (Lipinski definition) is 4. The van der Waals surface area contributed by atoms with Crippen LogP contribution in [-0.4, -0.2) is 22.1 Å². The normalized spacial score (nSPS) is 30.0. The van der Waals surface area contributed by atoms with Gasteiger partial charge in [-0.3, -0.25) is 0 Å². The molecule has 2 rings (SSSR count). The summed E-state index contributed by atoms with van der Waals surface area (Å²) in [6, 6.07) is 1.82. The van der Waals surface area contributed by atoms with E-state index in [1.54, 1.807) is 12.4 Å². The second-order valence-corrected chi connectivity index (χ2v) is 4.88. The van der Waals surface area contributed by atoms with E-state index in [0.717, 1.165) is 18.8 Å². The maximum atomic E-state index is 5.93. The first-order valence-corrected chi connectivity index (χ1v) is 5.99. The molecule has 1 aliphatic rings. The first kappa shape index (κ1) is 11.3. The summed E-state index contributed by atoms with van der Waals surface area (Å²) in [6.45, 7) is 2.94. The first-order chi connectivity index (χ1) is 7.74. The lowest BCUT2D eigenvalue weighted by Gasteiger charge is -2.39. The van der Waals surface area contributed by atoms with Gasteiger partial charge in [0, 0.05) is 18.9 Å². The zero-order valence-electron chi connectivity index (χ0n) is 9.82. The fourth-order valence-electron chi connectivity index (χ4n) is 2.61. The third-order valence-corrected chi connectivity index (χ3v) is 3.42. The van der Waals surface area contributed by atoms with Gasteiger partial charge in [0.25, 0.3) is 0 Å². The van der Waals surface area contributed by atoms with Gasteiger partial charge in [-0.15, -0.1) is 0 Å². The van der Waals surface area contributed by atoms with E-state index in [0.29, 0.717) is 12.5 Å². The van der Waals surface area contributed by atoms with Crippen LogP contribution in [0.1, 0.15) is 32.6 Å². The highest BCUT2D eigenvalue weighted by atomic mass is 15.1. The second-order valence-electron chi connectivity index (χ2n) is 4.88. The van der Waals surface area contributed by atoms with Crippen LogP contribution in [0.5, 0.6) is 0 Å². The summed E-state index contributed by atoms with van der Waals surface area (Å²) in [5.41, 5.74) is 5.93. The van der Waals surface area contributed by atoms with Crippen LogP contribution in [0.3, 0.4) is 0 Å². The molecule has 16 heavy (non-hydrogen) atoms. The van der Waals surface area contributed by atoms with Gasteiger partial charge in [0.15, 0.2) is 0 Å². The Bertz CT molecular complexity index is 327. The van der Waals surface area contributed by atoms with Crippen LogP contribution in [0.15, 0.2) is 18.5 Å². The predicted octanol–water partition coefficient (Wildman–Crippen LogP) is 1.80. The fourth-order valence-corrected chi connectivity index (χ4v) is 2.61. The van der Waals surface area contributed by atoms with Gasteiger partial charge >= 0.3 is 0 Å². The van der Waals surface area contributed by atoms with Gasteiger partial charge in [-0.1, -0.05) is 19.8 Å². The Kier molecular flexibility index (Phi) is 3.39. The summed E-state index contributed by atoms with van der Waals surface area (Å²) < 4.78 is 0. The number of hydrogen-bond donors (Lipinski definition) is 2. The summed E-state index contributed by atoms with van der Waals surface area (Å²) in [5.74, 6) is 1.43. The number of nitrogens with two attached hydrogens (primary N) is 1. The zero-order chi connectivity index (χ0) is 11.4. The molecular weight excluding hydrogens is 200 g/mol. The van der Waals surface area contributed by atoms with Crippen LogP contribution in [-0.2, 0) is 0 Å². The van der Waals surface area contributed by atoms with E-state index in [2.05, 4.69) is 22.2 Å². The topological polar surface area (TPSA) is 63.8 Å². The molecule has 3 N–H and O–H groups in total. The minimum Gasteiger partial charge on any atom is -0.348 e. The third kappa shape index (κ3) is 2.50. The minimum atomic E-state index is -0.000972. The minimum absolute atomic E-state index is 0.000972. The quantitative estimate of drug-likeness (QED) is 0.815. The molecule has 0 saturated heterocycles. The molecule has 0 bridgehead atoms. The van der Waals surface area contributed by atoms with Crippen molar-refractivity contribution in [2.75, 3.05) is 11.9 Å². The molecular formula is C12H20N4. The van der Waals surface area contributed by atoms with Crippen molar-refractivity contribution in [3.05, 3.63) is 18.5 Å². The van der Waals surface area contributed by atoms with Gasteiger partial charge in [0.1, 0.15) is 0 Å². The monoisotopic (exact) mass is 220 g/mol. The highest BCUT2D eigenvalue weighted by molar-refractivity contribution is 5.29. The second kappa shape index (κ2) is 4.78. The number of anilines is 1. The highest BCUT2D eigenvalue weighted by Crippen LogP contribution is 2.33. The maximum absolute atomic E-state index is 5.93. The van der Waals surface area contributed by atoms with Crippen molar-refractivity contribution in [1.82, 2.24) is 9.97 Å². The van der Waals surface area contributed by atoms with Gasteiger partial charge in [-0.05, 0) is 24.8 Å². The molecule has 4 nitrogen and oxygen atoms in total. The fraction of sp³-hybridized carbons (Fsp3) is 0.667. The smallest absolute Gasteiger partial charge is 0.223 e. The molecule has 0 spiro atoms. The number of rotatable bonds is 3. The summed E-state index contributed by atoms with van der Waals surface area (Å²) >= 11 is 0. The van der Waals surface area contributed by atoms with Crippen molar-refractivity contribution >= 4 is 5.95 Å². The van der Waals surface area contributed by atoms with Crippen LogP contribution in [0.2, 0.25) is 0 Å².